The largest absolute Gasteiger partial charge is 0.505 e. The molecule has 4 rings (SSSR count). The van der Waals surface area contributed by atoms with Crippen molar-refractivity contribution in [1.82, 2.24) is 15.1 Å². The number of phenolic OH excluding ortho intramolecular Hbond substituents is 1. The number of H-pyrrole nitrogens is 1. The van der Waals surface area contributed by atoms with Gasteiger partial charge in [0.15, 0.2) is 5.75 Å². The van der Waals surface area contributed by atoms with Crippen LogP contribution < -0.4 is 0 Å². The molecule has 2 aromatic carbocycles. The molecule has 0 saturated heterocycles. The van der Waals surface area contributed by atoms with Gasteiger partial charge in [0.2, 0.25) is 0 Å². The molecule has 0 radical (unpaired) electrons. The van der Waals surface area contributed by atoms with Crippen LogP contribution in [0.3, 0.4) is 0 Å². The number of benzene rings is 2. The van der Waals surface area contributed by atoms with Crippen molar-refractivity contribution in [2.24, 2.45) is 0 Å². The van der Waals surface area contributed by atoms with E-state index in [1.807, 2.05) is 24.3 Å². The van der Waals surface area contributed by atoms with E-state index in [0.29, 0.717) is 18.6 Å². The van der Waals surface area contributed by atoms with Gasteiger partial charge in [-0.25, -0.2) is 0 Å². The number of nitrogens with one attached hydrogen (secondary N) is 1. The number of aromatic hydroxyl groups is 1. The second kappa shape index (κ2) is 4.84. The van der Waals surface area contributed by atoms with Gasteiger partial charge >= 0.3 is 0 Å². The Hall–Kier alpha value is -2.34. The summed E-state index contributed by atoms with van der Waals surface area (Å²) in [4.78, 5) is 14.5. The van der Waals surface area contributed by atoms with Gasteiger partial charge in [-0.2, -0.15) is 5.10 Å². The maximum Gasteiger partial charge on any atom is 0.258 e. The Bertz CT molecular complexity index is 879. The lowest BCUT2D eigenvalue weighted by molar-refractivity contribution is 0.0748. The van der Waals surface area contributed by atoms with Gasteiger partial charge in [-0.3, -0.25) is 9.89 Å². The highest BCUT2D eigenvalue weighted by atomic mass is 79.9. The van der Waals surface area contributed by atoms with Crippen LogP contribution >= 0.6 is 15.9 Å². The first-order valence-electron chi connectivity index (χ1n) is 6.86. The molecule has 1 amide bonds. The fourth-order valence-electron chi connectivity index (χ4n) is 2.86. The van der Waals surface area contributed by atoms with Crippen LogP contribution in [0.1, 0.15) is 21.5 Å². The summed E-state index contributed by atoms with van der Waals surface area (Å²) in [5, 5.41) is 17.8. The van der Waals surface area contributed by atoms with Crippen LogP contribution in [-0.4, -0.2) is 26.1 Å². The highest BCUT2D eigenvalue weighted by Crippen LogP contribution is 2.35. The number of fused-ring (bicyclic) bond motifs is 2. The number of hydrogen-bond acceptors (Lipinski definition) is 3. The molecule has 5 nitrogen and oxygen atoms in total. The van der Waals surface area contributed by atoms with Gasteiger partial charge in [0, 0.05) is 29.1 Å². The molecule has 6 heteroatoms. The minimum Gasteiger partial charge on any atom is -0.505 e. The predicted octanol–water partition coefficient (Wildman–Crippen LogP) is 3.19. The monoisotopic (exact) mass is 357 g/mol. The smallest absolute Gasteiger partial charge is 0.258 e. The fraction of sp³-hybridized carbons (Fsp3) is 0.125. The molecule has 0 spiro atoms. The number of aromatic amines is 1. The first kappa shape index (κ1) is 13.3. The van der Waals surface area contributed by atoms with Crippen molar-refractivity contribution in [2.45, 2.75) is 13.1 Å². The third kappa shape index (κ3) is 1.91. The van der Waals surface area contributed by atoms with Gasteiger partial charge in [0.05, 0.1) is 5.56 Å². The van der Waals surface area contributed by atoms with Crippen LogP contribution in [0, 0.1) is 0 Å². The number of amides is 1. The summed E-state index contributed by atoms with van der Waals surface area (Å²) >= 11 is 3.42. The average Bonchev–Trinajstić information content (AvgIpc) is 3.16. The summed E-state index contributed by atoms with van der Waals surface area (Å²) in [6.07, 6.45) is 1.68. The van der Waals surface area contributed by atoms with Gasteiger partial charge in [0.1, 0.15) is 5.52 Å². The first-order valence-corrected chi connectivity index (χ1v) is 7.65. The van der Waals surface area contributed by atoms with E-state index in [2.05, 4.69) is 26.1 Å². The van der Waals surface area contributed by atoms with Gasteiger partial charge in [-0.1, -0.05) is 40.2 Å². The highest BCUT2D eigenvalue weighted by Gasteiger charge is 2.27. The number of halogens is 1. The number of nitrogens with zero attached hydrogens (tertiary/aromatic N) is 2. The van der Waals surface area contributed by atoms with Crippen LogP contribution in [0.15, 0.2) is 41.0 Å². The molecule has 0 atom stereocenters. The molecule has 2 N–H and O–H groups in total. The number of carbonyl (C=O) groups excluding carboxylic acids is 1. The lowest BCUT2D eigenvalue weighted by Crippen LogP contribution is -2.25. The van der Waals surface area contributed by atoms with E-state index in [0.717, 1.165) is 21.0 Å². The average molecular weight is 358 g/mol. The molecular weight excluding hydrogens is 346 g/mol. The maximum absolute atomic E-state index is 12.8. The van der Waals surface area contributed by atoms with Gasteiger partial charge in [0.25, 0.3) is 5.91 Å². The van der Waals surface area contributed by atoms with Crippen molar-refractivity contribution in [3.8, 4) is 5.75 Å². The fourth-order valence-corrected chi connectivity index (χ4v) is 3.39. The van der Waals surface area contributed by atoms with Crippen LogP contribution in [0.4, 0.5) is 0 Å². The van der Waals surface area contributed by atoms with E-state index < -0.39 is 0 Å². The number of phenols is 1. The lowest BCUT2D eigenvalue weighted by Gasteiger charge is -2.16. The first-order chi connectivity index (χ1) is 10.6. The van der Waals surface area contributed by atoms with Gasteiger partial charge in [-0.05, 0) is 17.2 Å². The van der Waals surface area contributed by atoms with Crippen molar-refractivity contribution >= 4 is 32.7 Å². The molecule has 3 aromatic rings. The van der Waals surface area contributed by atoms with E-state index >= 15 is 0 Å². The summed E-state index contributed by atoms with van der Waals surface area (Å²) in [5.74, 6) is -0.278. The Morgan fingerprint density at radius 1 is 1.27 bits per heavy atom. The normalized spacial score (nSPS) is 13.6. The molecule has 22 heavy (non-hydrogen) atoms. The van der Waals surface area contributed by atoms with Gasteiger partial charge < -0.3 is 10.0 Å². The highest BCUT2D eigenvalue weighted by molar-refractivity contribution is 9.10. The predicted molar refractivity (Wildman–Crippen MR) is 85.5 cm³/mol. The summed E-state index contributed by atoms with van der Waals surface area (Å²) in [5.41, 5.74) is 2.96. The molecule has 1 aliphatic heterocycles. The SMILES string of the molecule is O=C(c1cc(Br)c2c[nH]nc2c1O)N1Cc2ccccc2C1. The summed E-state index contributed by atoms with van der Waals surface area (Å²) in [7, 11) is 0. The van der Waals surface area contributed by atoms with E-state index in [9.17, 15) is 9.90 Å². The zero-order valence-electron chi connectivity index (χ0n) is 11.5. The van der Waals surface area contributed by atoms with E-state index in [4.69, 9.17) is 0 Å². The summed E-state index contributed by atoms with van der Waals surface area (Å²) in [6.45, 7) is 1.12. The van der Waals surface area contributed by atoms with E-state index in [1.54, 1.807) is 17.2 Å². The Morgan fingerprint density at radius 2 is 1.95 bits per heavy atom. The topological polar surface area (TPSA) is 69.2 Å². The van der Waals surface area contributed by atoms with E-state index in [1.165, 1.54) is 0 Å². The Morgan fingerprint density at radius 3 is 2.64 bits per heavy atom. The summed E-state index contributed by atoms with van der Waals surface area (Å²) in [6, 6.07) is 9.64. The number of aromatic nitrogens is 2. The second-order valence-electron chi connectivity index (χ2n) is 5.33. The van der Waals surface area contributed by atoms with Crippen LogP contribution in [-0.2, 0) is 13.1 Å². The summed E-state index contributed by atoms with van der Waals surface area (Å²) < 4.78 is 0.731. The minimum atomic E-state index is -0.195. The van der Waals surface area contributed by atoms with E-state index in [-0.39, 0.29) is 17.2 Å². The maximum atomic E-state index is 12.8. The molecule has 0 fully saturated rings. The quantitative estimate of drug-likeness (QED) is 0.702. The van der Waals surface area contributed by atoms with Crippen LogP contribution in [0.5, 0.6) is 5.75 Å². The molecule has 2 heterocycles. The molecule has 0 unspecified atom stereocenters. The Balaban J connectivity index is 1.74. The van der Waals surface area contributed by atoms with Crippen LogP contribution in [0.2, 0.25) is 0 Å². The second-order valence-corrected chi connectivity index (χ2v) is 6.19. The van der Waals surface area contributed by atoms with Crippen molar-refractivity contribution < 1.29 is 9.90 Å². The zero-order chi connectivity index (χ0) is 15.3. The number of rotatable bonds is 1. The molecule has 1 aliphatic rings. The van der Waals surface area contributed by atoms with Gasteiger partial charge in [-0.15, -0.1) is 0 Å². The van der Waals surface area contributed by atoms with Crippen molar-refractivity contribution in [2.75, 3.05) is 0 Å². The molecule has 0 saturated carbocycles. The van der Waals surface area contributed by atoms with Crippen molar-refractivity contribution in [1.29, 1.82) is 0 Å². The molecule has 1 aromatic heterocycles. The molecule has 0 aliphatic carbocycles. The Kier molecular flexibility index (Phi) is 2.94. The number of carbonyl (C=O) groups is 1. The zero-order valence-corrected chi connectivity index (χ0v) is 13.1. The van der Waals surface area contributed by atoms with Crippen molar-refractivity contribution in [3.63, 3.8) is 0 Å². The third-order valence-corrected chi connectivity index (χ3v) is 4.66. The molecular formula is C16H12BrN3O2. The molecule has 0 bridgehead atoms. The standard InChI is InChI=1S/C16H12BrN3O2/c17-13-5-11(15(21)14-12(13)6-18-19-14)16(22)20-7-9-3-1-2-4-10(9)8-20/h1-6,21H,7-8H2,(H,18,19). The molecule has 110 valence electrons. The Labute approximate surface area is 134 Å². The lowest BCUT2D eigenvalue weighted by atomic mass is 10.1. The minimum absolute atomic E-state index is 0.0830. The van der Waals surface area contributed by atoms with Crippen LogP contribution in [0.25, 0.3) is 10.9 Å². The third-order valence-electron chi connectivity index (χ3n) is 4.01. The number of hydrogen-bond donors (Lipinski definition) is 2. The van der Waals surface area contributed by atoms with Crippen molar-refractivity contribution in [3.05, 3.63) is 57.7 Å².